The average molecular weight is 404 g/mol. The Labute approximate surface area is 173 Å². The molecule has 0 aliphatic carbocycles. The van der Waals surface area contributed by atoms with Crippen molar-refractivity contribution in [2.24, 2.45) is 4.99 Å². The first-order valence-corrected chi connectivity index (χ1v) is 9.77. The van der Waals surface area contributed by atoms with Crippen molar-refractivity contribution in [1.29, 1.82) is 0 Å². The second-order valence-electron chi connectivity index (χ2n) is 6.67. The fraction of sp³-hybridized carbons (Fsp3) is 0.524. The lowest BCUT2D eigenvalue weighted by Gasteiger charge is -2.16. The lowest BCUT2D eigenvalue weighted by Crippen LogP contribution is -2.39. The summed E-state index contributed by atoms with van der Waals surface area (Å²) in [5, 5.41) is 11.2. The van der Waals surface area contributed by atoms with Gasteiger partial charge in [-0.05, 0) is 38.8 Å². The zero-order valence-corrected chi connectivity index (χ0v) is 18.3. The smallest absolute Gasteiger partial charge is 0.203 e. The van der Waals surface area contributed by atoms with Crippen LogP contribution in [0, 0.1) is 13.8 Å². The summed E-state index contributed by atoms with van der Waals surface area (Å²) in [6.45, 7) is 6.50. The van der Waals surface area contributed by atoms with Crippen molar-refractivity contribution in [2.45, 2.75) is 33.2 Å². The summed E-state index contributed by atoms with van der Waals surface area (Å²) >= 11 is 0. The van der Waals surface area contributed by atoms with E-state index in [1.165, 1.54) is 5.69 Å². The van der Waals surface area contributed by atoms with E-state index in [0.717, 1.165) is 43.1 Å². The molecule has 0 unspecified atom stereocenters. The second kappa shape index (κ2) is 11.2. The monoisotopic (exact) mass is 403 g/mol. The predicted molar refractivity (Wildman–Crippen MR) is 115 cm³/mol. The molecule has 8 heteroatoms. The summed E-state index contributed by atoms with van der Waals surface area (Å²) in [4.78, 5) is 4.29. The van der Waals surface area contributed by atoms with Gasteiger partial charge in [0.25, 0.3) is 0 Å². The zero-order valence-electron chi connectivity index (χ0n) is 18.3. The number of aryl methyl sites for hydroxylation is 3. The first-order chi connectivity index (χ1) is 14.0. The fourth-order valence-electron chi connectivity index (χ4n) is 3.23. The van der Waals surface area contributed by atoms with Crippen LogP contribution in [-0.4, -0.2) is 57.2 Å². The standard InChI is InChI=1S/C21H33N5O3/c1-15-14-16(2)26(25-15)13-7-11-23-21(22-3)24-12-10-17-8-9-18(27-4)20(29-6)19(17)28-5/h8-9,14H,7,10-13H2,1-6H3,(H2,22,23,24). The quantitative estimate of drug-likeness (QED) is 0.360. The van der Waals surface area contributed by atoms with Crippen LogP contribution in [0.2, 0.25) is 0 Å². The molecule has 0 spiro atoms. The van der Waals surface area contributed by atoms with Crippen LogP contribution in [-0.2, 0) is 13.0 Å². The lowest BCUT2D eigenvalue weighted by atomic mass is 10.1. The third-order valence-electron chi connectivity index (χ3n) is 4.64. The number of ether oxygens (including phenoxy) is 3. The van der Waals surface area contributed by atoms with E-state index in [-0.39, 0.29) is 0 Å². The molecule has 29 heavy (non-hydrogen) atoms. The van der Waals surface area contributed by atoms with E-state index in [4.69, 9.17) is 14.2 Å². The number of methoxy groups -OCH3 is 3. The van der Waals surface area contributed by atoms with Gasteiger partial charge in [0.2, 0.25) is 5.75 Å². The van der Waals surface area contributed by atoms with Crippen LogP contribution in [0.4, 0.5) is 0 Å². The number of hydrogen-bond acceptors (Lipinski definition) is 5. The Hall–Kier alpha value is -2.90. The fourth-order valence-corrected chi connectivity index (χ4v) is 3.23. The van der Waals surface area contributed by atoms with Crippen LogP contribution in [0.15, 0.2) is 23.2 Å². The van der Waals surface area contributed by atoms with Gasteiger partial charge in [-0.15, -0.1) is 0 Å². The van der Waals surface area contributed by atoms with Gasteiger partial charge in [0.05, 0.1) is 27.0 Å². The molecule has 0 bridgehead atoms. The predicted octanol–water partition coefficient (Wildman–Crippen LogP) is 2.32. The number of guanidine groups is 1. The molecule has 0 fully saturated rings. The Morgan fingerprint density at radius 3 is 2.34 bits per heavy atom. The SMILES string of the molecule is CN=C(NCCCn1nc(C)cc1C)NCCc1ccc(OC)c(OC)c1OC. The molecule has 0 amide bonds. The van der Waals surface area contributed by atoms with E-state index in [1.54, 1.807) is 28.4 Å². The number of nitrogens with zero attached hydrogens (tertiary/aromatic N) is 3. The maximum absolute atomic E-state index is 5.54. The topological polar surface area (TPSA) is 81.9 Å². The van der Waals surface area contributed by atoms with Gasteiger partial charge in [-0.25, -0.2) is 0 Å². The molecule has 0 aliphatic rings. The highest BCUT2D eigenvalue weighted by Crippen LogP contribution is 2.39. The van der Waals surface area contributed by atoms with E-state index in [2.05, 4.69) is 33.7 Å². The van der Waals surface area contributed by atoms with Crippen molar-refractivity contribution in [3.8, 4) is 17.2 Å². The third-order valence-corrected chi connectivity index (χ3v) is 4.64. The Balaban J connectivity index is 1.81. The normalized spacial score (nSPS) is 11.3. The molecule has 160 valence electrons. The number of aromatic nitrogens is 2. The van der Waals surface area contributed by atoms with E-state index >= 15 is 0 Å². The van der Waals surface area contributed by atoms with Crippen LogP contribution in [0.3, 0.4) is 0 Å². The van der Waals surface area contributed by atoms with Gasteiger partial charge in [-0.1, -0.05) is 6.07 Å². The highest BCUT2D eigenvalue weighted by molar-refractivity contribution is 5.79. The third kappa shape index (κ3) is 6.04. The summed E-state index contributed by atoms with van der Waals surface area (Å²) in [6, 6.07) is 5.98. The van der Waals surface area contributed by atoms with Crippen molar-refractivity contribution in [3.05, 3.63) is 35.2 Å². The zero-order chi connectivity index (χ0) is 21.2. The van der Waals surface area contributed by atoms with Gasteiger partial charge in [0.1, 0.15) is 0 Å². The highest BCUT2D eigenvalue weighted by atomic mass is 16.5. The molecule has 8 nitrogen and oxygen atoms in total. The Morgan fingerprint density at radius 1 is 1.03 bits per heavy atom. The first-order valence-electron chi connectivity index (χ1n) is 9.77. The van der Waals surface area contributed by atoms with Gasteiger partial charge >= 0.3 is 0 Å². The first kappa shape index (κ1) is 22.4. The molecular weight excluding hydrogens is 370 g/mol. The van der Waals surface area contributed by atoms with Gasteiger partial charge < -0.3 is 24.8 Å². The molecule has 0 aliphatic heterocycles. The number of nitrogens with one attached hydrogen (secondary N) is 2. The molecule has 0 radical (unpaired) electrons. The van der Waals surface area contributed by atoms with Crippen molar-refractivity contribution >= 4 is 5.96 Å². The van der Waals surface area contributed by atoms with E-state index in [9.17, 15) is 0 Å². The van der Waals surface area contributed by atoms with Crippen LogP contribution in [0.5, 0.6) is 17.2 Å². The lowest BCUT2D eigenvalue weighted by molar-refractivity contribution is 0.322. The molecule has 1 aromatic heterocycles. The van der Waals surface area contributed by atoms with Gasteiger partial charge in [0.15, 0.2) is 17.5 Å². The van der Waals surface area contributed by atoms with E-state index in [1.807, 2.05) is 23.7 Å². The molecule has 1 heterocycles. The molecule has 0 saturated carbocycles. The largest absolute Gasteiger partial charge is 0.493 e. The van der Waals surface area contributed by atoms with E-state index in [0.29, 0.717) is 23.8 Å². The Bertz CT molecular complexity index is 817. The molecule has 0 atom stereocenters. The molecule has 2 N–H and O–H groups in total. The minimum Gasteiger partial charge on any atom is -0.493 e. The number of hydrogen-bond donors (Lipinski definition) is 2. The van der Waals surface area contributed by atoms with Crippen LogP contribution >= 0.6 is 0 Å². The second-order valence-corrected chi connectivity index (χ2v) is 6.67. The summed E-state index contributed by atoms with van der Waals surface area (Å²) in [6.07, 6.45) is 1.72. The molecular formula is C21H33N5O3. The van der Waals surface area contributed by atoms with Crippen molar-refractivity contribution in [1.82, 2.24) is 20.4 Å². The van der Waals surface area contributed by atoms with Crippen LogP contribution < -0.4 is 24.8 Å². The average Bonchev–Trinajstić information content (AvgIpc) is 3.05. The minimum absolute atomic E-state index is 0.610. The van der Waals surface area contributed by atoms with Crippen LogP contribution in [0.25, 0.3) is 0 Å². The Morgan fingerprint density at radius 2 is 1.76 bits per heavy atom. The van der Waals surface area contributed by atoms with E-state index < -0.39 is 0 Å². The summed E-state index contributed by atoms with van der Waals surface area (Å²) < 4.78 is 18.4. The van der Waals surface area contributed by atoms with Crippen molar-refractivity contribution < 1.29 is 14.2 Å². The van der Waals surface area contributed by atoms with Crippen molar-refractivity contribution in [3.63, 3.8) is 0 Å². The summed E-state index contributed by atoms with van der Waals surface area (Å²) in [5.41, 5.74) is 3.28. The molecule has 1 aromatic carbocycles. The molecule has 2 rings (SSSR count). The highest BCUT2D eigenvalue weighted by Gasteiger charge is 2.15. The van der Waals surface area contributed by atoms with Crippen molar-refractivity contribution in [2.75, 3.05) is 41.5 Å². The molecule has 2 aromatic rings. The summed E-state index contributed by atoms with van der Waals surface area (Å²) in [7, 11) is 6.63. The Kier molecular flexibility index (Phi) is 8.64. The van der Waals surface area contributed by atoms with Crippen LogP contribution in [0.1, 0.15) is 23.4 Å². The van der Waals surface area contributed by atoms with Gasteiger partial charge in [-0.3, -0.25) is 9.67 Å². The van der Waals surface area contributed by atoms with Gasteiger partial charge in [-0.2, -0.15) is 5.10 Å². The maximum atomic E-state index is 5.54. The van der Waals surface area contributed by atoms with Gasteiger partial charge in [0, 0.05) is 37.9 Å². The minimum atomic E-state index is 0.610. The number of aliphatic imine (C=N–C) groups is 1. The maximum Gasteiger partial charge on any atom is 0.203 e. The number of benzene rings is 1. The number of rotatable bonds is 10. The molecule has 0 saturated heterocycles. The summed E-state index contributed by atoms with van der Waals surface area (Å²) in [5.74, 6) is 2.74.